The summed E-state index contributed by atoms with van der Waals surface area (Å²) in [5.41, 5.74) is 1.000. The zero-order chi connectivity index (χ0) is 24.2. The van der Waals surface area contributed by atoms with Crippen LogP contribution in [0, 0.1) is 11.7 Å². The molecular weight excluding hydrogens is 435 g/mol. The number of piperidine rings is 1. The predicted molar refractivity (Wildman–Crippen MR) is 130 cm³/mol. The molecule has 34 heavy (non-hydrogen) atoms. The maximum absolute atomic E-state index is 14.0. The van der Waals surface area contributed by atoms with E-state index >= 15 is 0 Å². The number of hydrogen-bond donors (Lipinski definition) is 1. The number of benzene rings is 2. The number of hydrogen-bond acceptors (Lipinski definition) is 5. The Kier molecular flexibility index (Phi) is 7.26. The van der Waals surface area contributed by atoms with Crippen LogP contribution in [0.25, 0.3) is 10.8 Å². The zero-order valence-corrected chi connectivity index (χ0v) is 19.9. The molecule has 1 aromatic heterocycles. The largest absolute Gasteiger partial charge is 0.494 e. The summed E-state index contributed by atoms with van der Waals surface area (Å²) in [5.74, 6) is -0.151. The lowest BCUT2D eigenvalue weighted by Crippen LogP contribution is -2.45. The second kappa shape index (κ2) is 10.3. The molecular formula is C26H31FN4O3. The van der Waals surface area contributed by atoms with Crippen molar-refractivity contribution in [1.29, 1.82) is 0 Å². The summed E-state index contributed by atoms with van der Waals surface area (Å²) in [4.78, 5) is 28.2. The molecule has 0 saturated carbocycles. The van der Waals surface area contributed by atoms with Gasteiger partial charge in [-0.1, -0.05) is 38.1 Å². The summed E-state index contributed by atoms with van der Waals surface area (Å²) in [5, 5.41) is 8.63. The third-order valence-corrected chi connectivity index (χ3v) is 6.17. The summed E-state index contributed by atoms with van der Waals surface area (Å²) in [6.07, 6.45) is 1.57. The van der Waals surface area contributed by atoms with Crippen LogP contribution in [0.1, 0.15) is 42.7 Å². The van der Waals surface area contributed by atoms with E-state index in [-0.39, 0.29) is 40.7 Å². The highest BCUT2D eigenvalue weighted by molar-refractivity contribution is 6.04. The Hall–Kier alpha value is -3.26. The predicted octanol–water partition coefficient (Wildman–Crippen LogP) is 3.59. The molecule has 2 aromatic carbocycles. The van der Waals surface area contributed by atoms with Crippen molar-refractivity contribution in [3.8, 4) is 5.75 Å². The Balaban J connectivity index is 1.43. The molecule has 7 nitrogen and oxygen atoms in total. The minimum atomic E-state index is -0.360. The third-order valence-electron chi connectivity index (χ3n) is 6.17. The molecule has 0 bridgehead atoms. The Morgan fingerprint density at radius 2 is 1.88 bits per heavy atom. The standard InChI is InChI=1S/C26H31FN4O3/c1-17(2)15-31-26(33)21-7-5-4-6-20(21)24(29-31)25(32)28-19-10-12-30(13-11-19)16-18-8-9-23(34-3)22(27)14-18/h4-9,14,17,19H,10-13,15-16H2,1-3H3,(H,28,32). The SMILES string of the molecule is COc1ccc(CN2CCC(NC(=O)c3nn(CC(C)C)c(=O)c4ccccc34)CC2)cc1F. The fourth-order valence-corrected chi connectivity index (χ4v) is 4.43. The minimum absolute atomic E-state index is 0.0161. The number of carbonyl (C=O) groups excluding carboxylic acids is 1. The monoisotopic (exact) mass is 466 g/mol. The first-order valence-corrected chi connectivity index (χ1v) is 11.7. The lowest BCUT2D eigenvalue weighted by molar-refractivity contribution is 0.0903. The van der Waals surface area contributed by atoms with Crippen molar-refractivity contribution in [3.63, 3.8) is 0 Å². The molecule has 3 aromatic rings. The molecule has 1 aliphatic heterocycles. The second-order valence-corrected chi connectivity index (χ2v) is 9.27. The Morgan fingerprint density at radius 1 is 1.18 bits per heavy atom. The number of amides is 1. The van der Waals surface area contributed by atoms with Crippen LogP contribution in [-0.2, 0) is 13.1 Å². The van der Waals surface area contributed by atoms with Crippen LogP contribution in [0.2, 0.25) is 0 Å². The fraction of sp³-hybridized carbons (Fsp3) is 0.423. The lowest BCUT2D eigenvalue weighted by Gasteiger charge is -2.32. The molecule has 0 unspecified atom stereocenters. The molecule has 0 spiro atoms. The molecule has 1 aliphatic rings. The topological polar surface area (TPSA) is 76.5 Å². The number of halogens is 1. The molecule has 2 heterocycles. The number of rotatable bonds is 7. The number of aromatic nitrogens is 2. The molecule has 0 radical (unpaired) electrons. The van der Waals surface area contributed by atoms with Gasteiger partial charge in [-0.2, -0.15) is 5.10 Å². The van der Waals surface area contributed by atoms with Gasteiger partial charge in [0.25, 0.3) is 11.5 Å². The van der Waals surface area contributed by atoms with Crippen molar-refractivity contribution >= 4 is 16.7 Å². The van der Waals surface area contributed by atoms with Crippen molar-refractivity contribution in [1.82, 2.24) is 20.0 Å². The number of fused-ring (bicyclic) bond motifs is 1. The lowest BCUT2D eigenvalue weighted by atomic mass is 10.0. The highest BCUT2D eigenvalue weighted by Crippen LogP contribution is 2.21. The number of carbonyl (C=O) groups is 1. The number of nitrogens with zero attached hydrogens (tertiary/aromatic N) is 3. The van der Waals surface area contributed by atoms with Gasteiger partial charge in [0.15, 0.2) is 17.3 Å². The van der Waals surface area contributed by atoms with E-state index in [1.807, 2.05) is 26.0 Å². The zero-order valence-electron chi connectivity index (χ0n) is 19.9. The van der Waals surface area contributed by atoms with Gasteiger partial charge in [-0.15, -0.1) is 0 Å². The summed E-state index contributed by atoms with van der Waals surface area (Å²) in [7, 11) is 1.45. The van der Waals surface area contributed by atoms with Crippen LogP contribution in [-0.4, -0.2) is 46.8 Å². The average molecular weight is 467 g/mol. The molecule has 1 N–H and O–H groups in total. The summed E-state index contributed by atoms with van der Waals surface area (Å²) >= 11 is 0. The molecule has 0 aliphatic carbocycles. The van der Waals surface area contributed by atoms with E-state index in [0.717, 1.165) is 31.5 Å². The summed E-state index contributed by atoms with van der Waals surface area (Å²) in [6.45, 7) is 6.70. The van der Waals surface area contributed by atoms with Gasteiger partial charge in [-0.25, -0.2) is 9.07 Å². The molecule has 180 valence electrons. The van der Waals surface area contributed by atoms with Crippen LogP contribution in [0.15, 0.2) is 47.3 Å². The number of likely N-dealkylation sites (tertiary alicyclic amines) is 1. The van der Waals surface area contributed by atoms with Crippen LogP contribution >= 0.6 is 0 Å². The van der Waals surface area contributed by atoms with Crippen molar-refractivity contribution in [2.45, 2.75) is 45.8 Å². The van der Waals surface area contributed by atoms with Crippen LogP contribution in [0.5, 0.6) is 5.75 Å². The van der Waals surface area contributed by atoms with E-state index in [4.69, 9.17) is 4.74 Å². The molecule has 1 saturated heterocycles. The van der Waals surface area contributed by atoms with E-state index in [2.05, 4.69) is 15.3 Å². The van der Waals surface area contributed by atoms with E-state index in [1.165, 1.54) is 17.9 Å². The molecule has 8 heteroatoms. The van der Waals surface area contributed by atoms with Crippen molar-refractivity contribution in [2.75, 3.05) is 20.2 Å². The smallest absolute Gasteiger partial charge is 0.274 e. The van der Waals surface area contributed by atoms with Gasteiger partial charge in [0.05, 0.1) is 12.5 Å². The normalized spacial score (nSPS) is 15.1. The number of nitrogens with one attached hydrogen (secondary N) is 1. The van der Waals surface area contributed by atoms with Gasteiger partial charge in [0.2, 0.25) is 0 Å². The summed E-state index contributed by atoms with van der Waals surface area (Å²) in [6, 6.07) is 12.2. The van der Waals surface area contributed by atoms with Gasteiger partial charge >= 0.3 is 0 Å². The Morgan fingerprint density at radius 3 is 2.53 bits per heavy atom. The number of ether oxygens (including phenoxy) is 1. The van der Waals surface area contributed by atoms with E-state index in [9.17, 15) is 14.0 Å². The van der Waals surface area contributed by atoms with Crippen LogP contribution in [0.4, 0.5) is 4.39 Å². The third kappa shape index (κ3) is 5.28. The van der Waals surface area contributed by atoms with Gasteiger partial charge in [0.1, 0.15) is 0 Å². The number of methoxy groups -OCH3 is 1. The quantitative estimate of drug-likeness (QED) is 0.576. The molecule has 4 rings (SSSR count). The molecule has 0 atom stereocenters. The van der Waals surface area contributed by atoms with Crippen molar-refractivity contribution in [2.24, 2.45) is 5.92 Å². The first-order chi connectivity index (χ1) is 16.4. The van der Waals surface area contributed by atoms with E-state index in [1.54, 1.807) is 24.3 Å². The van der Waals surface area contributed by atoms with Crippen molar-refractivity contribution in [3.05, 3.63) is 69.9 Å². The van der Waals surface area contributed by atoms with Gasteiger partial charge in [-0.3, -0.25) is 14.5 Å². The first-order valence-electron chi connectivity index (χ1n) is 11.7. The molecule has 1 amide bonds. The highest BCUT2D eigenvalue weighted by Gasteiger charge is 2.24. The van der Waals surface area contributed by atoms with Gasteiger partial charge in [-0.05, 0) is 42.5 Å². The maximum Gasteiger partial charge on any atom is 0.274 e. The fourth-order valence-electron chi connectivity index (χ4n) is 4.43. The molecule has 1 fully saturated rings. The first kappa shape index (κ1) is 23.9. The van der Waals surface area contributed by atoms with E-state index < -0.39 is 0 Å². The van der Waals surface area contributed by atoms with E-state index in [0.29, 0.717) is 23.9 Å². The Labute approximate surface area is 198 Å². The Bertz CT molecular complexity index is 1230. The van der Waals surface area contributed by atoms with Crippen LogP contribution < -0.4 is 15.6 Å². The van der Waals surface area contributed by atoms with Gasteiger partial charge in [0, 0.05) is 37.6 Å². The second-order valence-electron chi connectivity index (χ2n) is 9.27. The maximum atomic E-state index is 14.0. The van der Waals surface area contributed by atoms with Gasteiger partial charge < -0.3 is 10.1 Å². The highest BCUT2D eigenvalue weighted by atomic mass is 19.1. The van der Waals surface area contributed by atoms with Crippen LogP contribution in [0.3, 0.4) is 0 Å². The minimum Gasteiger partial charge on any atom is -0.494 e. The summed E-state index contributed by atoms with van der Waals surface area (Å²) < 4.78 is 20.4. The average Bonchev–Trinajstić information content (AvgIpc) is 2.82. The van der Waals surface area contributed by atoms with Crippen molar-refractivity contribution < 1.29 is 13.9 Å².